The van der Waals surface area contributed by atoms with Crippen molar-refractivity contribution in [3.63, 3.8) is 0 Å². The second-order valence-electron chi connectivity index (χ2n) is 4.41. The summed E-state index contributed by atoms with van der Waals surface area (Å²) >= 11 is 0. The molecule has 0 spiro atoms. The van der Waals surface area contributed by atoms with Crippen molar-refractivity contribution in [2.45, 2.75) is 38.3 Å². The summed E-state index contributed by atoms with van der Waals surface area (Å²) in [5.41, 5.74) is 0. The third-order valence-corrected chi connectivity index (χ3v) is 2.87. The average molecular weight is 276 g/mol. The molecule has 0 radical (unpaired) electrons. The van der Waals surface area contributed by atoms with Gasteiger partial charge in [0.05, 0.1) is 18.3 Å². The lowest BCUT2D eigenvalue weighted by Gasteiger charge is -2.20. The van der Waals surface area contributed by atoms with E-state index in [0.29, 0.717) is 5.82 Å². The molecule has 1 aromatic heterocycles. The van der Waals surface area contributed by atoms with E-state index < -0.39 is 6.36 Å². The van der Waals surface area contributed by atoms with Crippen molar-refractivity contribution in [3.05, 3.63) is 18.3 Å². The van der Waals surface area contributed by atoms with Crippen LogP contribution in [0.5, 0.6) is 5.75 Å². The third kappa shape index (κ3) is 4.27. The Hall–Kier alpha value is -1.50. The van der Waals surface area contributed by atoms with Crippen molar-refractivity contribution >= 4 is 5.82 Å². The van der Waals surface area contributed by atoms with E-state index in [0.717, 1.165) is 25.6 Å². The van der Waals surface area contributed by atoms with Crippen LogP contribution in [0.2, 0.25) is 0 Å². The van der Waals surface area contributed by atoms with Gasteiger partial charge in [0.15, 0.2) is 0 Å². The minimum absolute atomic E-state index is 0.0596. The number of nitrogens with zero attached hydrogens (tertiary/aromatic N) is 1. The van der Waals surface area contributed by atoms with Crippen LogP contribution in [0.3, 0.4) is 0 Å². The summed E-state index contributed by atoms with van der Waals surface area (Å²) in [6.45, 7) is 2.71. The Balaban J connectivity index is 1.91. The van der Waals surface area contributed by atoms with Crippen LogP contribution in [0.4, 0.5) is 19.0 Å². The number of anilines is 1. The summed E-state index contributed by atoms with van der Waals surface area (Å²) in [5.74, 6) is 0.167. The van der Waals surface area contributed by atoms with E-state index >= 15 is 0 Å². The molecule has 0 saturated carbocycles. The standard InChI is InChI=1S/C12H15F3N2O2/c1-8(10-3-2-6-18-10)17-11-5-4-9(7-16-11)19-12(13,14)15/h4-5,7-8,10H,2-3,6H2,1H3,(H,16,17). The molecular weight excluding hydrogens is 261 g/mol. The highest BCUT2D eigenvalue weighted by atomic mass is 19.4. The van der Waals surface area contributed by atoms with Crippen LogP contribution >= 0.6 is 0 Å². The second kappa shape index (κ2) is 5.64. The van der Waals surface area contributed by atoms with Crippen molar-refractivity contribution in [1.29, 1.82) is 0 Å². The molecule has 1 fully saturated rings. The number of hydrogen-bond acceptors (Lipinski definition) is 4. The smallest absolute Gasteiger partial charge is 0.404 e. The highest BCUT2D eigenvalue weighted by Crippen LogP contribution is 2.23. The first-order chi connectivity index (χ1) is 8.94. The molecule has 106 valence electrons. The molecule has 1 aliphatic rings. The lowest BCUT2D eigenvalue weighted by molar-refractivity contribution is -0.274. The molecule has 0 aromatic carbocycles. The molecule has 2 rings (SSSR count). The number of hydrogen-bond donors (Lipinski definition) is 1. The molecule has 4 nitrogen and oxygen atoms in total. The number of alkyl halides is 3. The van der Waals surface area contributed by atoms with Gasteiger partial charge in [-0.15, -0.1) is 13.2 Å². The quantitative estimate of drug-likeness (QED) is 0.918. The molecular formula is C12H15F3N2O2. The molecule has 1 N–H and O–H groups in total. The fourth-order valence-corrected chi connectivity index (χ4v) is 1.98. The van der Waals surface area contributed by atoms with Crippen LogP contribution in [-0.4, -0.2) is 30.1 Å². The van der Waals surface area contributed by atoms with Gasteiger partial charge in [0.25, 0.3) is 0 Å². The first kappa shape index (κ1) is 13.9. The number of ether oxygens (including phenoxy) is 2. The van der Waals surface area contributed by atoms with Crippen LogP contribution in [0.15, 0.2) is 18.3 Å². The number of nitrogens with one attached hydrogen (secondary N) is 1. The maximum Gasteiger partial charge on any atom is 0.573 e. The normalized spacial score (nSPS) is 21.2. The highest BCUT2D eigenvalue weighted by Gasteiger charge is 2.31. The van der Waals surface area contributed by atoms with E-state index in [1.54, 1.807) is 0 Å². The minimum atomic E-state index is -4.69. The Morgan fingerprint density at radius 1 is 1.47 bits per heavy atom. The zero-order valence-corrected chi connectivity index (χ0v) is 10.4. The molecule has 2 atom stereocenters. The lowest BCUT2D eigenvalue weighted by Crippen LogP contribution is -2.30. The Morgan fingerprint density at radius 2 is 2.26 bits per heavy atom. The summed E-state index contributed by atoms with van der Waals surface area (Å²) < 4.78 is 45.2. The predicted octanol–water partition coefficient (Wildman–Crippen LogP) is 2.96. The van der Waals surface area contributed by atoms with Crippen LogP contribution in [0.1, 0.15) is 19.8 Å². The first-order valence-corrected chi connectivity index (χ1v) is 6.04. The average Bonchev–Trinajstić information content (AvgIpc) is 2.83. The van der Waals surface area contributed by atoms with Gasteiger partial charge in [-0.2, -0.15) is 0 Å². The van der Waals surface area contributed by atoms with Gasteiger partial charge >= 0.3 is 6.36 Å². The van der Waals surface area contributed by atoms with Crippen molar-refractivity contribution in [1.82, 2.24) is 4.98 Å². The molecule has 0 aliphatic carbocycles. The van der Waals surface area contributed by atoms with E-state index in [-0.39, 0.29) is 17.9 Å². The molecule has 1 aliphatic heterocycles. The number of aromatic nitrogens is 1. The van der Waals surface area contributed by atoms with E-state index in [2.05, 4.69) is 15.0 Å². The summed E-state index contributed by atoms with van der Waals surface area (Å²) in [5, 5.41) is 3.10. The predicted molar refractivity (Wildman–Crippen MR) is 63.0 cm³/mol. The maximum absolute atomic E-state index is 12.0. The van der Waals surface area contributed by atoms with Gasteiger partial charge in [-0.3, -0.25) is 0 Å². The van der Waals surface area contributed by atoms with E-state index in [1.165, 1.54) is 12.1 Å². The number of rotatable bonds is 4. The van der Waals surface area contributed by atoms with Gasteiger partial charge in [-0.05, 0) is 31.9 Å². The summed E-state index contributed by atoms with van der Waals surface area (Å²) in [7, 11) is 0. The Kier molecular flexibility index (Phi) is 4.14. The number of halogens is 3. The van der Waals surface area contributed by atoms with Crippen molar-refractivity contribution in [2.75, 3.05) is 11.9 Å². The van der Waals surface area contributed by atoms with Crippen molar-refractivity contribution in [3.8, 4) is 5.75 Å². The van der Waals surface area contributed by atoms with Crippen molar-refractivity contribution < 1.29 is 22.6 Å². The van der Waals surface area contributed by atoms with Gasteiger partial charge < -0.3 is 14.8 Å². The fraction of sp³-hybridized carbons (Fsp3) is 0.583. The van der Waals surface area contributed by atoms with E-state index in [1.807, 2.05) is 6.92 Å². The van der Waals surface area contributed by atoms with Crippen LogP contribution in [0.25, 0.3) is 0 Å². The fourth-order valence-electron chi connectivity index (χ4n) is 1.98. The topological polar surface area (TPSA) is 43.4 Å². The largest absolute Gasteiger partial charge is 0.573 e. The molecule has 1 aromatic rings. The van der Waals surface area contributed by atoms with Gasteiger partial charge in [0.2, 0.25) is 0 Å². The van der Waals surface area contributed by atoms with Gasteiger partial charge in [0, 0.05) is 6.61 Å². The van der Waals surface area contributed by atoms with Gasteiger partial charge in [0.1, 0.15) is 11.6 Å². The zero-order chi connectivity index (χ0) is 13.9. The summed E-state index contributed by atoms with van der Waals surface area (Å²) in [6.07, 6.45) is -1.53. The van der Waals surface area contributed by atoms with E-state index in [4.69, 9.17) is 4.74 Å². The summed E-state index contributed by atoms with van der Waals surface area (Å²) in [6, 6.07) is 2.74. The van der Waals surface area contributed by atoms with E-state index in [9.17, 15) is 13.2 Å². The first-order valence-electron chi connectivity index (χ1n) is 6.04. The zero-order valence-electron chi connectivity index (χ0n) is 10.4. The Labute approximate surface area is 108 Å². The molecule has 1 saturated heterocycles. The van der Waals surface area contributed by atoms with Crippen LogP contribution in [0, 0.1) is 0 Å². The third-order valence-electron chi connectivity index (χ3n) is 2.87. The minimum Gasteiger partial charge on any atom is -0.404 e. The lowest BCUT2D eigenvalue weighted by atomic mass is 10.1. The molecule has 19 heavy (non-hydrogen) atoms. The molecule has 0 amide bonds. The highest BCUT2D eigenvalue weighted by molar-refractivity contribution is 5.38. The van der Waals surface area contributed by atoms with Gasteiger partial charge in [-0.1, -0.05) is 0 Å². The molecule has 2 unspecified atom stereocenters. The number of pyridine rings is 1. The summed E-state index contributed by atoms with van der Waals surface area (Å²) in [4.78, 5) is 3.88. The van der Waals surface area contributed by atoms with Crippen LogP contribution in [-0.2, 0) is 4.74 Å². The molecule has 0 bridgehead atoms. The molecule has 7 heteroatoms. The Bertz CT molecular complexity index is 402. The monoisotopic (exact) mass is 276 g/mol. The van der Waals surface area contributed by atoms with Gasteiger partial charge in [-0.25, -0.2) is 4.98 Å². The maximum atomic E-state index is 12.0. The van der Waals surface area contributed by atoms with Crippen LogP contribution < -0.4 is 10.1 Å². The molecule has 2 heterocycles. The second-order valence-corrected chi connectivity index (χ2v) is 4.41. The van der Waals surface area contributed by atoms with Crippen molar-refractivity contribution in [2.24, 2.45) is 0 Å². The SMILES string of the molecule is CC(Nc1ccc(OC(F)(F)F)cn1)C1CCCO1. The Morgan fingerprint density at radius 3 is 2.79 bits per heavy atom.